The molecule has 2 aromatic rings. The Hall–Kier alpha value is -2.54. The maximum absolute atomic E-state index is 12.2. The van der Waals surface area contributed by atoms with E-state index >= 15 is 0 Å². The molecule has 24 heavy (non-hydrogen) atoms. The standard InChI is InChI=1S/C17H18N2O4S/c1-11-4-7-16(12(2)8-11)24-10-17(20)18-14-9-13(19(21)22)5-6-15(14)23-3/h4-9H,10H2,1-3H3,(H,18,20). The fourth-order valence-electron chi connectivity index (χ4n) is 2.20. The average Bonchev–Trinajstić information content (AvgIpc) is 2.53. The molecular weight excluding hydrogens is 328 g/mol. The molecule has 6 nitrogen and oxygen atoms in total. The van der Waals surface area contributed by atoms with E-state index in [1.807, 2.05) is 26.0 Å². The van der Waals surface area contributed by atoms with E-state index in [1.54, 1.807) is 0 Å². The number of anilines is 1. The van der Waals surface area contributed by atoms with Gasteiger partial charge < -0.3 is 10.1 Å². The summed E-state index contributed by atoms with van der Waals surface area (Å²) in [6.07, 6.45) is 0. The SMILES string of the molecule is COc1ccc([N+](=O)[O-])cc1NC(=O)CSc1ccc(C)cc1C. The van der Waals surface area contributed by atoms with Crippen LogP contribution < -0.4 is 10.1 Å². The van der Waals surface area contributed by atoms with Crippen LogP contribution in [0.4, 0.5) is 11.4 Å². The van der Waals surface area contributed by atoms with Gasteiger partial charge in [0.25, 0.3) is 5.69 Å². The minimum Gasteiger partial charge on any atom is -0.495 e. The van der Waals surface area contributed by atoms with Gasteiger partial charge in [-0.3, -0.25) is 14.9 Å². The number of rotatable bonds is 6. The lowest BCUT2D eigenvalue weighted by molar-refractivity contribution is -0.384. The number of carbonyl (C=O) groups excluding carboxylic acids is 1. The number of benzene rings is 2. The van der Waals surface area contributed by atoms with E-state index in [-0.39, 0.29) is 23.0 Å². The van der Waals surface area contributed by atoms with Gasteiger partial charge in [-0.2, -0.15) is 0 Å². The van der Waals surface area contributed by atoms with Crippen molar-refractivity contribution in [3.63, 3.8) is 0 Å². The number of nitro groups is 1. The Kier molecular flexibility index (Phi) is 5.81. The van der Waals surface area contributed by atoms with Gasteiger partial charge in [0.1, 0.15) is 5.75 Å². The largest absolute Gasteiger partial charge is 0.495 e. The van der Waals surface area contributed by atoms with E-state index in [9.17, 15) is 14.9 Å². The summed E-state index contributed by atoms with van der Waals surface area (Å²) < 4.78 is 5.13. The molecular formula is C17H18N2O4S. The second kappa shape index (κ2) is 7.83. The Balaban J connectivity index is 2.06. The number of ether oxygens (including phenoxy) is 1. The number of aryl methyl sites for hydroxylation is 2. The molecule has 0 fully saturated rings. The highest BCUT2D eigenvalue weighted by Crippen LogP contribution is 2.29. The van der Waals surface area contributed by atoms with E-state index in [4.69, 9.17) is 4.74 Å². The Morgan fingerprint density at radius 3 is 2.62 bits per heavy atom. The summed E-state index contributed by atoms with van der Waals surface area (Å²) in [5, 5.41) is 13.5. The molecule has 0 saturated carbocycles. The highest BCUT2D eigenvalue weighted by atomic mass is 32.2. The normalized spacial score (nSPS) is 10.3. The predicted octanol–water partition coefficient (Wildman–Crippen LogP) is 3.95. The van der Waals surface area contributed by atoms with E-state index in [0.29, 0.717) is 5.75 Å². The molecule has 0 aliphatic heterocycles. The number of nitrogens with one attached hydrogen (secondary N) is 1. The summed E-state index contributed by atoms with van der Waals surface area (Å²) in [5.41, 5.74) is 2.47. The molecule has 1 N–H and O–H groups in total. The number of nitro benzene ring substituents is 1. The van der Waals surface area contributed by atoms with Gasteiger partial charge in [-0.1, -0.05) is 17.7 Å². The van der Waals surface area contributed by atoms with Crippen LogP contribution in [0.5, 0.6) is 5.75 Å². The number of carbonyl (C=O) groups is 1. The summed E-state index contributed by atoms with van der Waals surface area (Å²) in [7, 11) is 1.45. The third-order valence-corrected chi connectivity index (χ3v) is 4.53. The molecule has 0 spiro atoms. The molecule has 7 heteroatoms. The topological polar surface area (TPSA) is 81.5 Å². The van der Waals surface area contributed by atoms with Gasteiger partial charge in [0.05, 0.1) is 23.5 Å². The quantitative estimate of drug-likeness (QED) is 0.486. The van der Waals surface area contributed by atoms with Crippen LogP contribution in [0, 0.1) is 24.0 Å². The minimum absolute atomic E-state index is 0.104. The van der Waals surface area contributed by atoms with Crippen LogP contribution in [0.25, 0.3) is 0 Å². The molecule has 2 rings (SSSR count). The predicted molar refractivity (Wildman–Crippen MR) is 94.9 cm³/mol. The molecule has 2 aromatic carbocycles. The summed E-state index contributed by atoms with van der Waals surface area (Å²) in [5.74, 6) is 0.333. The van der Waals surface area contributed by atoms with Crippen molar-refractivity contribution < 1.29 is 14.5 Å². The van der Waals surface area contributed by atoms with E-state index < -0.39 is 4.92 Å². The smallest absolute Gasteiger partial charge is 0.271 e. The average molecular weight is 346 g/mol. The molecule has 0 aliphatic rings. The summed E-state index contributed by atoms with van der Waals surface area (Å²) in [4.78, 5) is 23.5. The molecule has 0 aromatic heterocycles. The van der Waals surface area contributed by atoms with Crippen molar-refractivity contribution in [1.82, 2.24) is 0 Å². The van der Waals surface area contributed by atoms with Crippen LogP contribution >= 0.6 is 11.8 Å². The van der Waals surface area contributed by atoms with Crippen LogP contribution in [0.15, 0.2) is 41.3 Å². The fraction of sp³-hybridized carbons (Fsp3) is 0.235. The van der Waals surface area contributed by atoms with Gasteiger partial charge in [-0.05, 0) is 31.5 Å². The highest BCUT2D eigenvalue weighted by molar-refractivity contribution is 8.00. The lowest BCUT2D eigenvalue weighted by Crippen LogP contribution is -2.15. The van der Waals surface area contributed by atoms with E-state index in [1.165, 1.54) is 42.6 Å². The molecule has 0 atom stereocenters. The van der Waals surface area contributed by atoms with Crippen molar-refractivity contribution >= 4 is 29.0 Å². The Labute approximate surface area is 144 Å². The van der Waals surface area contributed by atoms with Crippen molar-refractivity contribution in [3.8, 4) is 5.75 Å². The molecule has 0 heterocycles. The first-order chi connectivity index (χ1) is 11.4. The van der Waals surface area contributed by atoms with Crippen molar-refractivity contribution in [3.05, 3.63) is 57.6 Å². The van der Waals surface area contributed by atoms with Gasteiger partial charge in [0.2, 0.25) is 5.91 Å². The minimum atomic E-state index is -0.514. The summed E-state index contributed by atoms with van der Waals surface area (Å²) in [6.45, 7) is 4.01. The van der Waals surface area contributed by atoms with Crippen LogP contribution in [-0.2, 0) is 4.79 Å². The maximum atomic E-state index is 12.2. The van der Waals surface area contributed by atoms with Crippen molar-refractivity contribution in [2.45, 2.75) is 18.7 Å². The second-order valence-corrected chi connectivity index (χ2v) is 6.26. The fourth-order valence-corrected chi connectivity index (χ4v) is 3.01. The van der Waals surface area contributed by atoms with Crippen LogP contribution in [0.1, 0.15) is 11.1 Å². The lowest BCUT2D eigenvalue weighted by Gasteiger charge is -2.10. The number of non-ortho nitro benzene ring substituents is 1. The zero-order valence-electron chi connectivity index (χ0n) is 13.7. The second-order valence-electron chi connectivity index (χ2n) is 5.25. The number of nitrogens with zero attached hydrogens (tertiary/aromatic N) is 1. The first kappa shape index (κ1) is 17.8. The third-order valence-electron chi connectivity index (χ3n) is 3.36. The first-order valence-corrected chi connectivity index (χ1v) is 8.21. The zero-order chi connectivity index (χ0) is 17.7. The Bertz CT molecular complexity index is 777. The molecule has 1 amide bonds. The van der Waals surface area contributed by atoms with Crippen LogP contribution in [0.3, 0.4) is 0 Å². The van der Waals surface area contributed by atoms with Gasteiger partial charge >= 0.3 is 0 Å². The van der Waals surface area contributed by atoms with E-state index in [2.05, 4.69) is 11.4 Å². The monoisotopic (exact) mass is 346 g/mol. The molecule has 0 aliphatic carbocycles. The molecule has 0 radical (unpaired) electrons. The van der Waals surface area contributed by atoms with Gasteiger partial charge in [0, 0.05) is 17.0 Å². The van der Waals surface area contributed by atoms with Gasteiger partial charge in [-0.15, -0.1) is 11.8 Å². The summed E-state index contributed by atoms with van der Waals surface area (Å²) in [6, 6.07) is 10.1. The number of hydrogen-bond donors (Lipinski definition) is 1. The molecule has 126 valence electrons. The van der Waals surface area contributed by atoms with Crippen LogP contribution in [0.2, 0.25) is 0 Å². The zero-order valence-corrected chi connectivity index (χ0v) is 14.5. The summed E-state index contributed by atoms with van der Waals surface area (Å²) >= 11 is 1.42. The number of amides is 1. The van der Waals surface area contributed by atoms with Crippen molar-refractivity contribution in [2.24, 2.45) is 0 Å². The first-order valence-electron chi connectivity index (χ1n) is 7.23. The van der Waals surface area contributed by atoms with Crippen molar-refractivity contribution in [2.75, 3.05) is 18.2 Å². The number of hydrogen-bond acceptors (Lipinski definition) is 5. The molecule has 0 bridgehead atoms. The van der Waals surface area contributed by atoms with E-state index in [0.717, 1.165) is 10.5 Å². The third kappa shape index (κ3) is 4.48. The highest BCUT2D eigenvalue weighted by Gasteiger charge is 2.14. The number of thioether (sulfide) groups is 1. The molecule has 0 saturated heterocycles. The Morgan fingerprint density at radius 1 is 1.25 bits per heavy atom. The number of methoxy groups -OCH3 is 1. The molecule has 0 unspecified atom stereocenters. The maximum Gasteiger partial charge on any atom is 0.271 e. The lowest BCUT2D eigenvalue weighted by atomic mass is 10.2. The Morgan fingerprint density at radius 2 is 2.00 bits per heavy atom. The van der Waals surface area contributed by atoms with Gasteiger partial charge in [-0.25, -0.2) is 0 Å². The van der Waals surface area contributed by atoms with Crippen LogP contribution in [-0.4, -0.2) is 23.7 Å². The van der Waals surface area contributed by atoms with Crippen molar-refractivity contribution in [1.29, 1.82) is 0 Å². The van der Waals surface area contributed by atoms with Gasteiger partial charge in [0.15, 0.2) is 0 Å².